The van der Waals surface area contributed by atoms with Gasteiger partial charge < -0.3 is 0 Å². The van der Waals surface area contributed by atoms with Crippen molar-refractivity contribution >= 4 is 52.4 Å². The zero-order chi connectivity index (χ0) is 14.8. The molecule has 0 N–H and O–H groups in total. The van der Waals surface area contributed by atoms with Crippen molar-refractivity contribution in [2.24, 2.45) is 0 Å². The summed E-state index contributed by atoms with van der Waals surface area (Å²) in [5.74, 6) is 0.876. The Morgan fingerprint density at radius 1 is 1.43 bits per heavy atom. The lowest BCUT2D eigenvalue weighted by atomic mass is 10.2. The van der Waals surface area contributed by atoms with Crippen LogP contribution in [0.15, 0.2) is 41.2 Å². The summed E-state index contributed by atoms with van der Waals surface area (Å²) >= 11 is 15.5. The molecule has 3 rings (SSSR count). The van der Waals surface area contributed by atoms with Gasteiger partial charge in [-0.25, -0.2) is 4.98 Å². The van der Waals surface area contributed by atoms with E-state index in [1.165, 1.54) is 0 Å². The lowest BCUT2D eigenvalue weighted by molar-refractivity contribution is 1.10. The fraction of sp³-hybridized carbons (Fsp3) is 0.143. The number of aromatic nitrogens is 2. The maximum atomic E-state index is 9.38. The van der Waals surface area contributed by atoms with Crippen molar-refractivity contribution in [1.29, 1.82) is 5.26 Å². The molecule has 0 bridgehead atoms. The molecule has 1 aromatic carbocycles. The van der Waals surface area contributed by atoms with Gasteiger partial charge >= 0.3 is 0 Å². The van der Waals surface area contributed by atoms with Crippen molar-refractivity contribution in [1.82, 2.24) is 9.55 Å². The molecule has 2 heterocycles. The first-order valence-electron chi connectivity index (χ1n) is 6.06. The van der Waals surface area contributed by atoms with Gasteiger partial charge in [0.1, 0.15) is 11.8 Å². The first kappa shape index (κ1) is 14.9. The third-order valence-corrected chi connectivity index (χ3v) is 6.47. The molecule has 0 amide bonds. The molecule has 7 heteroatoms. The first-order valence-corrected chi connectivity index (χ1v) is 8.68. The Bertz CT molecular complexity index is 735. The first-order chi connectivity index (χ1) is 10.2. The van der Waals surface area contributed by atoms with E-state index in [0.29, 0.717) is 15.7 Å². The minimum Gasteiger partial charge on any atom is -0.296 e. The van der Waals surface area contributed by atoms with Gasteiger partial charge in [-0.15, -0.1) is 23.5 Å². The highest BCUT2D eigenvalue weighted by atomic mass is 35.5. The van der Waals surface area contributed by atoms with E-state index in [2.05, 4.69) is 11.1 Å². The monoisotopic (exact) mass is 353 g/mol. The number of hydrogen-bond donors (Lipinski definition) is 0. The summed E-state index contributed by atoms with van der Waals surface area (Å²) in [4.78, 5) is 3.99. The zero-order valence-corrected chi connectivity index (χ0v) is 13.8. The summed E-state index contributed by atoms with van der Waals surface area (Å²) in [5, 5.41) is 10.9. The van der Waals surface area contributed by atoms with Crippen molar-refractivity contribution in [2.45, 2.75) is 5.25 Å². The van der Waals surface area contributed by atoms with Crippen LogP contribution in [0.25, 0.3) is 5.70 Å². The number of rotatable bonds is 2. The molecule has 0 radical (unpaired) electrons. The molecule has 106 valence electrons. The van der Waals surface area contributed by atoms with E-state index < -0.39 is 0 Å². The lowest BCUT2D eigenvalue weighted by Gasteiger charge is -2.10. The minimum absolute atomic E-state index is 0.224. The summed E-state index contributed by atoms with van der Waals surface area (Å²) in [6.45, 7) is 0. The standard InChI is InChI=1S/C14H9Cl2N3S2/c15-9-1-2-10(11(16)5-9)13-7-20-14(21-13)12(6-17)19-4-3-18-8-19/h1-5,8,13H,7H2/b14-12+/t13-/m1/s1. The van der Waals surface area contributed by atoms with Gasteiger partial charge in [0.2, 0.25) is 0 Å². The molecule has 0 unspecified atom stereocenters. The second-order valence-corrected chi connectivity index (χ2v) is 7.65. The second kappa shape index (κ2) is 6.37. The molecule has 2 aromatic rings. The Kier molecular flexibility index (Phi) is 4.51. The smallest absolute Gasteiger partial charge is 0.145 e. The van der Waals surface area contributed by atoms with Crippen molar-refractivity contribution in [2.75, 3.05) is 5.75 Å². The Hall–Kier alpha value is -1.06. The van der Waals surface area contributed by atoms with Crippen molar-refractivity contribution < 1.29 is 0 Å². The van der Waals surface area contributed by atoms with Crippen LogP contribution >= 0.6 is 46.7 Å². The van der Waals surface area contributed by atoms with Gasteiger partial charge in [0.25, 0.3) is 0 Å². The number of nitriles is 1. The summed E-state index contributed by atoms with van der Waals surface area (Å²) in [5.41, 5.74) is 1.66. The Morgan fingerprint density at radius 3 is 2.95 bits per heavy atom. The lowest BCUT2D eigenvalue weighted by Crippen LogP contribution is -1.93. The number of nitrogens with zero attached hydrogens (tertiary/aromatic N) is 3. The molecule has 1 saturated heterocycles. The molecule has 1 fully saturated rings. The van der Waals surface area contributed by atoms with Gasteiger partial charge in [0, 0.05) is 33.4 Å². The van der Waals surface area contributed by atoms with Crippen molar-refractivity contribution in [3.63, 3.8) is 0 Å². The summed E-state index contributed by atoms with van der Waals surface area (Å²) in [7, 11) is 0. The molecule has 1 atom stereocenters. The van der Waals surface area contributed by atoms with E-state index in [0.717, 1.165) is 15.6 Å². The van der Waals surface area contributed by atoms with E-state index in [4.69, 9.17) is 23.2 Å². The van der Waals surface area contributed by atoms with Crippen LogP contribution in [0.4, 0.5) is 0 Å². The number of halogens is 2. The van der Waals surface area contributed by atoms with Crippen molar-refractivity contribution in [3.8, 4) is 6.07 Å². The van der Waals surface area contributed by atoms with Crippen LogP contribution < -0.4 is 0 Å². The summed E-state index contributed by atoms with van der Waals surface area (Å²) < 4.78 is 2.73. The van der Waals surface area contributed by atoms with Crippen LogP contribution in [-0.2, 0) is 0 Å². The fourth-order valence-corrected chi connectivity index (χ4v) is 5.52. The maximum absolute atomic E-state index is 9.38. The van der Waals surface area contributed by atoms with E-state index in [1.807, 2.05) is 12.1 Å². The third kappa shape index (κ3) is 3.09. The average molecular weight is 354 g/mol. The van der Waals surface area contributed by atoms with Crippen LogP contribution in [0.3, 0.4) is 0 Å². The van der Waals surface area contributed by atoms with Crippen LogP contribution in [-0.4, -0.2) is 15.3 Å². The van der Waals surface area contributed by atoms with Gasteiger partial charge in [-0.2, -0.15) is 5.26 Å². The van der Waals surface area contributed by atoms with Crippen LogP contribution in [0.5, 0.6) is 0 Å². The van der Waals surface area contributed by atoms with Crippen LogP contribution in [0.2, 0.25) is 10.0 Å². The highest BCUT2D eigenvalue weighted by Crippen LogP contribution is 2.53. The highest BCUT2D eigenvalue weighted by molar-refractivity contribution is 8.25. The van der Waals surface area contributed by atoms with Crippen LogP contribution in [0.1, 0.15) is 10.8 Å². The maximum Gasteiger partial charge on any atom is 0.145 e. The second-order valence-electron chi connectivity index (χ2n) is 4.30. The quantitative estimate of drug-likeness (QED) is 0.707. The predicted molar refractivity (Wildman–Crippen MR) is 90.3 cm³/mol. The molecular weight excluding hydrogens is 345 g/mol. The zero-order valence-electron chi connectivity index (χ0n) is 10.7. The Balaban J connectivity index is 1.90. The van der Waals surface area contributed by atoms with E-state index in [-0.39, 0.29) is 5.25 Å². The van der Waals surface area contributed by atoms with Gasteiger partial charge in [-0.3, -0.25) is 4.57 Å². The van der Waals surface area contributed by atoms with E-state index in [9.17, 15) is 5.26 Å². The molecule has 3 nitrogen and oxygen atoms in total. The highest BCUT2D eigenvalue weighted by Gasteiger charge is 2.27. The van der Waals surface area contributed by atoms with Gasteiger partial charge in [-0.05, 0) is 17.7 Å². The third-order valence-electron chi connectivity index (χ3n) is 2.99. The number of thioether (sulfide) groups is 2. The number of imidazole rings is 1. The molecule has 0 saturated carbocycles. The molecule has 0 spiro atoms. The van der Waals surface area contributed by atoms with Crippen LogP contribution in [0, 0.1) is 11.3 Å². The Labute approximate surface area is 141 Å². The van der Waals surface area contributed by atoms with Gasteiger partial charge in [-0.1, -0.05) is 29.3 Å². The molecule has 1 aliphatic heterocycles. The van der Waals surface area contributed by atoms with E-state index in [1.54, 1.807) is 52.9 Å². The summed E-state index contributed by atoms with van der Waals surface area (Å²) in [6.07, 6.45) is 5.07. The molecule has 1 aromatic heterocycles. The fourth-order valence-electron chi connectivity index (χ4n) is 1.99. The molecular formula is C14H9Cl2N3S2. The SMILES string of the molecule is N#C/C(=C1/SC[C@H](c2ccc(Cl)cc2Cl)S1)n1ccnc1. The molecule has 0 aliphatic carbocycles. The average Bonchev–Trinajstić information content (AvgIpc) is 3.12. The van der Waals surface area contributed by atoms with Crippen molar-refractivity contribution in [3.05, 3.63) is 56.8 Å². The minimum atomic E-state index is 0.224. The number of benzene rings is 1. The Morgan fingerprint density at radius 2 is 2.29 bits per heavy atom. The number of hydrogen-bond acceptors (Lipinski definition) is 4. The topological polar surface area (TPSA) is 41.6 Å². The predicted octanol–water partition coefficient (Wildman–Crippen LogP) is 5.06. The van der Waals surface area contributed by atoms with E-state index >= 15 is 0 Å². The largest absolute Gasteiger partial charge is 0.296 e. The normalized spacial score (nSPS) is 20.3. The molecule has 21 heavy (non-hydrogen) atoms. The van der Waals surface area contributed by atoms with Gasteiger partial charge in [0.05, 0.1) is 10.6 Å². The van der Waals surface area contributed by atoms with Gasteiger partial charge in [0.15, 0.2) is 0 Å². The molecule has 1 aliphatic rings. The number of allylic oxidation sites excluding steroid dienone is 1. The summed E-state index contributed by atoms with van der Waals surface area (Å²) in [6, 6.07) is 7.80.